The summed E-state index contributed by atoms with van der Waals surface area (Å²) in [6.45, 7) is 0.836. The molecule has 2 aliphatic heterocycles. The first-order chi connectivity index (χ1) is 10.5. The first kappa shape index (κ1) is 13.9. The predicted molar refractivity (Wildman–Crippen MR) is 84.2 cm³/mol. The summed E-state index contributed by atoms with van der Waals surface area (Å²) in [4.78, 5) is 2.02. The van der Waals surface area contributed by atoms with Crippen LogP contribution in [-0.4, -0.2) is 25.9 Å². The molecule has 2 aromatic rings. The summed E-state index contributed by atoms with van der Waals surface area (Å²) in [6.07, 6.45) is 0. The van der Waals surface area contributed by atoms with Crippen molar-refractivity contribution in [1.82, 2.24) is 4.31 Å². The molecule has 0 aliphatic carbocycles. The molecule has 0 saturated carbocycles. The number of hydrogen-bond donors (Lipinski definition) is 0. The van der Waals surface area contributed by atoms with Crippen molar-refractivity contribution < 1.29 is 12.6 Å². The third-order valence-electron chi connectivity index (χ3n) is 3.99. The SMILES string of the molecule is O=S1(=O)Oc2ccc(Cl)cc2[C@@H]2CN(c3ccccc3)CN21. The van der Waals surface area contributed by atoms with Crippen LogP contribution >= 0.6 is 11.6 Å². The molecule has 114 valence electrons. The van der Waals surface area contributed by atoms with Gasteiger partial charge in [0.1, 0.15) is 5.75 Å². The maximum Gasteiger partial charge on any atom is 0.387 e. The normalized spacial score (nSPS) is 22.8. The van der Waals surface area contributed by atoms with E-state index in [1.165, 1.54) is 4.31 Å². The number of anilines is 1. The van der Waals surface area contributed by atoms with E-state index in [0.29, 0.717) is 17.3 Å². The highest BCUT2D eigenvalue weighted by Crippen LogP contribution is 2.43. The van der Waals surface area contributed by atoms with Gasteiger partial charge in [0.05, 0.1) is 12.7 Å². The lowest BCUT2D eigenvalue weighted by molar-refractivity contribution is 0.322. The Balaban J connectivity index is 1.78. The molecular formula is C15H13ClN2O3S. The number of halogens is 1. The van der Waals surface area contributed by atoms with Gasteiger partial charge in [0, 0.05) is 22.8 Å². The van der Waals surface area contributed by atoms with E-state index in [1.54, 1.807) is 18.2 Å². The molecule has 0 bridgehead atoms. The van der Waals surface area contributed by atoms with Crippen molar-refractivity contribution in [3.63, 3.8) is 0 Å². The number of hydrogen-bond acceptors (Lipinski definition) is 4. The van der Waals surface area contributed by atoms with Crippen LogP contribution in [0.15, 0.2) is 48.5 Å². The van der Waals surface area contributed by atoms with E-state index in [1.807, 2.05) is 35.2 Å². The minimum absolute atomic E-state index is 0.267. The molecule has 1 atom stereocenters. The third kappa shape index (κ3) is 2.15. The van der Waals surface area contributed by atoms with Crippen molar-refractivity contribution in [2.45, 2.75) is 6.04 Å². The van der Waals surface area contributed by atoms with Crippen LogP contribution in [-0.2, 0) is 10.3 Å². The number of para-hydroxylation sites is 1. The summed E-state index contributed by atoms with van der Waals surface area (Å²) >= 11 is 6.05. The number of rotatable bonds is 1. The molecule has 0 N–H and O–H groups in total. The molecule has 1 saturated heterocycles. The van der Waals surface area contributed by atoms with Gasteiger partial charge in [-0.15, -0.1) is 4.31 Å². The van der Waals surface area contributed by atoms with Crippen molar-refractivity contribution in [1.29, 1.82) is 0 Å². The van der Waals surface area contributed by atoms with E-state index in [9.17, 15) is 8.42 Å². The van der Waals surface area contributed by atoms with Gasteiger partial charge < -0.3 is 9.08 Å². The second-order valence-corrected chi connectivity index (χ2v) is 7.25. The minimum Gasteiger partial charge on any atom is -0.370 e. The van der Waals surface area contributed by atoms with Crippen LogP contribution in [0.4, 0.5) is 5.69 Å². The topological polar surface area (TPSA) is 49.9 Å². The Bertz CT molecular complexity index is 826. The molecule has 22 heavy (non-hydrogen) atoms. The van der Waals surface area contributed by atoms with Gasteiger partial charge in [-0.1, -0.05) is 29.8 Å². The fraction of sp³-hybridized carbons (Fsp3) is 0.200. The molecule has 2 aliphatic rings. The second kappa shape index (κ2) is 4.87. The molecule has 1 fully saturated rings. The average Bonchev–Trinajstić information content (AvgIpc) is 2.96. The summed E-state index contributed by atoms with van der Waals surface area (Å²) in [6, 6.07) is 14.5. The van der Waals surface area contributed by atoms with Gasteiger partial charge in [-0.2, -0.15) is 8.42 Å². The van der Waals surface area contributed by atoms with Crippen LogP contribution in [0.3, 0.4) is 0 Å². The van der Waals surface area contributed by atoms with Crippen molar-refractivity contribution in [3.05, 3.63) is 59.1 Å². The maximum absolute atomic E-state index is 12.3. The number of benzene rings is 2. The summed E-state index contributed by atoms with van der Waals surface area (Å²) in [5.74, 6) is 0.362. The van der Waals surface area contributed by atoms with Crippen LogP contribution in [0.5, 0.6) is 5.75 Å². The molecule has 0 amide bonds. The quantitative estimate of drug-likeness (QED) is 0.803. The highest BCUT2D eigenvalue weighted by molar-refractivity contribution is 7.84. The fourth-order valence-corrected chi connectivity index (χ4v) is 4.37. The lowest BCUT2D eigenvalue weighted by Gasteiger charge is -2.29. The molecule has 0 aromatic heterocycles. The van der Waals surface area contributed by atoms with E-state index in [0.717, 1.165) is 11.3 Å². The van der Waals surface area contributed by atoms with Crippen molar-refractivity contribution in [2.24, 2.45) is 0 Å². The Labute approximate surface area is 133 Å². The number of fused-ring (bicyclic) bond motifs is 3. The lowest BCUT2D eigenvalue weighted by Crippen LogP contribution is -2.39. The fourth-order valence-electron chi connectivity index (χ4n) is 2.95. The molecule has 4 rings (SSSR count). The van der Waals surface area contributed by atoms with Crippen LogP contribution < -0.4 is 9.08 Å². The molecule has 7 heteroatoms. The smallest absolute Gasteiger partial charge is 0.370 e. The first-order valence-corrected chi connectivity index (χ1v) is 8.59. The Kier molecular flexibility index (Phi) is 3.07. The summed E-state index contributed by atoms with van der Waals surface area (Å²) in [7, 11) is -3.78. The zero-order chi connectivity index (χ0) is 15.3. The third-order valence-corrected chi connectivity index (χ3v) is 5.56. The highest BCUT2D eigenvalue weighted by atomic mass is 35.5. The summed E-state index contributed by atoms with van der Waals surface area (Å²) < 4.78 is 31.2. The van der Waals surface area contributed by atoms with Gasteiger partial charge in [0.2, 0.25) is 0 Å². The second-order valence-electron chi connectivity index (χ2n) is 5.33. The van der Waals surface area contributed by atoms with Crippen molar-refractivity contribution in [2.75, 3.05) is 18.1 Å². The Morgan fingerprint density at radius 2 is 1.91 bits per heavy atom. The highest BCUT2D eigenvalue weighted by Gasteiger charge is 2.45. The van der Waals surface area contributed by atoms with E-state index < -0.39 is 10.3 Å². The molecule has 2 heterocycles. The van der Waals surface area contributed by atoms with Gasteiger partial charge in [-0.3, -0.25) is 0 Å². The van der Waals surface area contributed by atoms with Crippen LogP contribution in [0, 0.1) is 0 Å². The zero-order valence-electron chi connectivity index (χ0n) is 11.5. The molecule has 5 nitrogen and oxygen atoms in total. The molecule has 0 unspecified atom stereocenters. The predicted octanol–water partition coefficient (Wildman–Crippen LogP) is 2.80. The van der Waals surface area contributed by atoms with E-state index in [4.69, 9.17) is 15.8 Å². The molecular weight excluding hydrogens is 324 g/mol. The Morgan fingerprint density at radius 3 is 2.68 bits per heavy atom. The standard InChI is InChI=1S/C15H13ClN2O3S/c16-11-6-7-15-13(8-11)14-9-17(12-4-2-1-3-5-12)10-18(14)22(19,20)21-15/h1-8,14H,9-10H2/t14-/m0/s1. The molecule has 0 spiro atoms. The van der Waals surface area contributed by atoms with Gasteiger partial charge in [-0.05, 0) is 30.3 Å². The molecule has 0 radical (unpaired) electrons. The van der Waals surface area contributed by atoms with E-state index >= 15 is 0 Å². The van der Waals surface area contributed by atoms with E-state index in [-0.39, 0.29) is 12.7 Å². The van der Waals surface area contributed by atoms with Crippen LogP contribution in [0.2, 0.25) is 5.02 Å². The summed E-state index contributed by atoms with van der Waals surface area (Å²) in [5, 5.41) is 0.569. The largest absolute Gasteiger partial charge is 0.387 e. The number of nitrogens with zero attached hydrogens (tertiary/aromatic N) is 2. The minimum atomic E-state index is -3.78. The Hall–Kier alpha value is -1.76. The van der Waals surface area contributed by atoms with Crippen LogP contribution in [0.25, 0.3) is 0 Å². The monoisotopic (exact) mass is 336 g/mol. The zero-order valence-corrected chi connectivity index (χ0v) is 13.1. The summed E-state index contributed by atoms with van der Waals surface area (Å²) in [5.41, 5.74) is 1.79. The maximum atomic E-state index is 12.3. The van der Waals surface area contributed by atoms with Crippen molar-refractivity contribution in [3.8, 4) is 5.75 Å². The van der Waals surface area contributed by atoms with Gasteiger partial charge >= 0.3 is 10.3 Å². The van der Waals surface area contributed by atoms with E-state index in [2.05, 4.69) is 0 Å². The molecule has 2 aromatic carbocycles. The van der Waals surface area contributed by atoms with Gasteiger partial charge in [0.15, 0.2) is 0 Å². The van der Waals surface area contributed by atoms with Crippen LogP contribution in [0.1, 0.15) is 11.6 Å². The van der Waals surface area contributed by atoms with Gasteiger partial charge in [0.25, 0.3) is 0 Å². The van der Waals surface area contributed by atoms with Crippen molar-refractivity contribution >= 4 is 27.6 Å². The first-order valence-electron chi connectivity index (χ1n) is 6.85. The Morgan fingerprint density at radius 1 is 1.14 bits per heavy atom. The lowest BCUT2D eigenvalue weighted by atomic mass is 10.1. The average molecular weight is 337 g/mol. The van der Waals surface area contributed by atoms with Gasteiger partial charge in [-0.25, -0.2) is 0 Å².